The van der Waals surface area contributed by atoms with Gasteiger partial charge in [0.2, 0.25) is 0 Å². The number of hydrogen-bond donors (Lipinski definition) is 1. The molecule has 0 bridgehead atoms. The maximum Gasteiger partial charge on any atom is 0.350 e. The predicted octanol–water partition coefficient (Wildman–Crippen LogP) is -0.641. The number of hydrogen-bond acceptors (Lipinski definition) is 7. The molecule has 2 aromatic heterocycles. The van der Waals surface area contributed by atoms with Gasteiger partial charge >= 0.3 is 16.9 Å². The SMILES string of the molecule is CCn1cc([N+](=O)[O-])c(=O)n(Cc2cnc(N)cn2)c1=O. The average Bonchev–Trinajstić information content (AvgIpc) is 2.45. The van der Waals surface area contributed by atoms with Crippen LogP contribution in [0.3, 0.4) is 0 Å². The zero-order valence-corrected chi connectivity index (χ0v) is 11.1. The normalized spacial score (nSPS) is 10.5. The number of aromatic nitrogens is 4. The van der Waals surface area contributed by atoms with Crippen molar-refractivity contribution in [2.45, 2.75) is 20.0 Å². The Bertz CT molecular complexity index is 792. The highest BCUT2D eigenvalue weighted by Crippen LogP contribution is 2.02. The lowest BCUT2D eigenvalue weighted by atomic mass is 10.4. The standard InChI is InChI=1S/C11H12N6O4/c1-2-15-6-8(17(20)21)10(18)16(11(15)19)5-7-3-14-9(12)4-13-7/h3-4,6H,2,5H2,1H3,(H2,12,14). The first-order valence-electron chi connectivity index (χ1n) is 5.99. The zero-order valence-electron chi connectivity index (χ0n) is 11.1. The van der Waals surface area contributed by atoms with Gasteiger partial charge in [-0.1, -0.05) is 0 Å². The van der Waals surface area contributed by atoms with E-state index in [9.17, 15) is 19.7 Å². The molecule has 2 heterocycles. The van der Waals surface area contributed by atoms with E-state index in [-0.39, 0.29) is 18.9 Å². The molecule has 0 aromatic carbocycles. The molecule has 0 aliphatic heterocycles. The number of rotatable bonds is 4. The van der Waals surface area contributed by atoms with Crippen molar-refractivity contribution in [1.29, 1.82) is 0 Å². The van der Waals surface area contributed by atoms with Gasteiger partial charge in [-0.2, -0.15) is 0 Å². The minimum atomic E-state index is -0.978. The third-order valence-corrected chi connectivity index (χ3v) is 2.80. The van der Waals surface area contributed by atoms with Crippen LogP contribution >= 0.6 is 0 Å². The first-order valence-corrected chi connectivity index (χ1v) is 5.99. The van der Waals surface area contributed by atoms with Crippen molar-refractivity contribution < 1.29 is 4.92 Å². The maximum absolute atomic E-state index is 12.1. The van der Waals surface area contributed by atoms with Crippen LogP contribution in [0.4, 0.5) is 11.5 Å². The number of nitrogen functional groups attached to an aromatic ring is 1. The van der Waals surface area contributed by atoms with Crippen LogP contribution < -0.4 is 17.0 Å². The zero-order chi connectivity index (χ0) is 15.6. The summed E-state index contributed by atoms with van der Waals surface area (Å²) in [6, 6.07) is 0. The number of anilines is 1. The Hall–Kier alpha value is -3.04. The molecule has 2 rings (SSSR count). The molecular formula is C11H12N6O4. The van der Waals surface area contributed by atoms with E-state index in [1.807, 2.05) is 0 Å². The maximum atomic E-state index is 12.1. The van der Waals surface area contributed by atoms with E-state index in [1.54, 1.807) is 6.92 Å². The van der Waals surface area contributed by atoms with Crippen molar-refractivity contribution >= 4 is 11.5 Å². The second kappa shape index (κ2) is 5.53. The van der Waals surface area contributed by atoms with Crippen LogP contribution in [0.15, 0.2) is 28.2 Å². The Labute approximate surface area is 117 Å². The Morgan fingerprint density at radius 3 is 2.57 bits per heavy atom. The Morgan fingerprint density at radius 2 is 2.05 bits per heavy atom. The molecule has 0 fully saturated rings. The van der Waals surface area contributed by atoms with E-state index in [4.69, 9.17) is 5.73 Å². The van der Waals surface area contributed by atoms with Gasteiger partial charge in [-0.05, 0) is 6.92 Å². The summed E-state index contributed by atoms with van der Waals surface area (Å²) in [5, 5.41) is 10.9. The van der Waals surface area contributed by atoms with Gasteiger partial charge in [0, 0.05) is 6.54 Å². The van der Waals surface area contributed by atoms with E-state index in [0.717, 1.165) is 15.3 Å². The lowest BCUT2D eigenvalue weighted by molar-refractivity contribution is -0.387. The monoisotopic (exact) mass is 292 g/mol. The van der Waals surface area contributed by atoms with E-state index in [2.05, 4.69) is 9.97 Å². The molecule has 0 radical (unpaired) electrons. The van der Waals surface area contributed by atoms with Crippen molar-refractivity contribution in [2.75, 3.05) is 5.73 Å². The minimum Gasteiger partial charge on any atom is -0.382 e. The molecule has 0 aliphatic carbocycles. The van der Waals surface area contributed by atoms with Gasteiger partial charge < -0.3 is 5.73 Å². The molecule has 0 unspecified atom stereocenters. The van der Waals surface area contributed by atoms with Gasteiger partial charge in [0.15, 0.2) is 0 Å². The number of aryl methyl sites for hydroxylation is 1. The molecule has 10 heteroatoms. The largest absolute Gasteiger partial charge is 0.382 e. The molecule has 110 valence electrons. The van der Waals surface area contributed by atoms with Gasteiger partial charge in [-0.25, -0.2) is 14.3 Å². The molecule has 0 saturated carbocycles. The fraction of sp³-hybridized carbons (Fsp3) is 0.273. The first-order chi connectivity index (χ1) is 9.93. The van der Waals surface area contributed by atoms with Gasteiger partial charge in [0.05, 0.1) is 35.8 Å². The lowest BCUT2D eigenvalue weighted by Gasteiger charge is -2.08. The second-order valence-corrected chi connectivity index (χ2v) is 4.16. The van der Waals surface area contributed by atoms with Crippen LogP contribution in [-0.4, -0.2) is 24.0 Å². The third kappa shape index (κ3) is 2.78. The van der Waals surface area contributed by atoms with Crippen LogP contribution in [0, 0.1) is 10.1 Å². The highest BCUT2D eigenvalue weighted by molar-refractivity contribution is 5.24. The van der Waals surface area contributed by atoms with Gasteiger partial charge in [0.1, 0.15) is 5.82 Å². The van der Waals surface area contributed by atoms with Crippen LogP contribution in [0.25, 0.3) is 0 Å². The summed E-state index contributed by atoms with van der Waals surface area (Å²) >= 11 is 0. The van der Waals surface area contributed by atoms with Crippen molar-refractivity contribution in [3.8, 4) is 0 Å². The molecular weight excluding hydrogens is 280 g/mol. The third-order valence-electron chi connectivity index (χ3n) is 2.80. The van der Waals surface area contributed by atoms with Crippen LogP contribution in [0.5, 0.6) is 0 Å². The highest BCUT2D eigenvalue weighted by atomic mass is 16.6. The summed E-state index contributed by atoms with van der Waals surface area (Å²) < 4.78 is 1.84. The van der Waals surface area contributed by atoms with E-state index < -0.39 is 21.9 Å². The topological polar surface area (TPSA) is 139 Å². The quantitative estimate of drug-likeness (QED) is 0.583. The molecule has 0 atom stereocenters. The fourth-order valence-corrected chi connectivity index (χ4v) is 1.74. The van der Waals surface area contributed by atoms with Crippen LogP contribution in [0.2, 0.25) is 0 Å². The number of nitro groups is 1. The van der Waals surface area contributed by atoms with Crippen molar-refractivity contribution in [1.82, 2.24) is 19.1 Å². The molecule has 0 amide bonds. The Balaban J connectivity index is 2.59. The molecule has 10 nitrogen and oxygen atoms in total. The van der Waals surface area contributed by atoms with Crippen molar-refractivity contribution in [2.24, 2.45) is 0 Å². The average molecular weight is 292 g/mol. The smallest absolute Gasteiger partial charge is 0.350 e. The molecule has 2 N–H and O–H groups in total. The van der Waals surface area contributed by atoms with Crippen molar-refractivity contribution in [3.63, 3.8) is 0 Å². The van der Waals surface area contributed by atoms with Gasteiger partial charge in [0.25, 0.3) is 0 Å². The summed E-state index contributed by atoms with van der Waals surface area (Å²) in [4.78, 5) is 41.9. The summed E-state index contributed by atoms with van der Waals surface area (Å²) in [7, 11) is 0. The van der Waals surface area contributed by atoms with Gasteiger partial charge in [-0.15, -0.1) is 0 Å². The molecule has 21 heavy (non-hydrogen) atoms. The predicted molar refractivity (Wildman–Crippen MR) is 72.8 cm³/mol. The fourth-order valence-electron chi connectivity index (χ4n) is 1.74. The highest BCUT2D eigenvalue weighted by Gasteiger charge is 2.19. The van der Waals surface area contributed by atoms with Gasteiger partial charge in [-0.3, -0.25) is 24.5 Å². The second-order valence-electron chi connectivity index (χ2n) is 4.16. The number of nitrogens with zero attached hydrogens (tertiary/aromatic N) is 5. The minimum absolute atomic E-state index is 0.191. The first kappa shape index (κ1) is 14.4. The molecule has 0 spiro atoms. The molecule has 0 saturated heterocycles. The van der Waals surface area contributed by atoms with Crippen LogP contribution in [-0.2, 0) is 13.1 Å². The summed E-state index contributed by atoms with van der Waals surface area (Å²) in [6.45, 7) is 1.63. The molecule has 0 aliphatic rings. The van der Waals surface area contributed by atoms with Crippen LogP contribution in [0.1, 0.15) is 12.6 Å². The number of nitrogens with two attached hydrogens (primary N) is 1. The molecule has 2 aromatic rings. The van der Waals surface area contributed by atoms with E-state index in [0.29, 0.717) is 5.69 Å². The summed E-state index contributed by atoms with van der Waals surface area (Å²) in [5.41, 5.74) is 3.40. The summed E-state index contributed by atoms with van der Waals surface area (Å²) in [6.07, 6.45) is 3.52. The van der Waals surface area contributed by atoms with E-state index in [1.165, 1.54) is 12.4 Å². The Morgan fingerprint density at radius 1 is 1.33 bits per heavy atom. The Kier molecular flexibility index (Phi) is 3.78. The van der Waals surface area contributed by atoms with Crippen molar-refractivity contribution in [3.05, 3.63) is 55.2 Å². The lowest BCUT2D eigenvalue weighted by Crippen LogP contribution is -2.40. The van der Waals surface area contributed by atoms with E-state index >= 15 is 0 Å². The summed E-state index contributed by atoms with van der Waals surface area (Å²) in [5.74, 6) is 0.191.